The summed E-state index contributed by atoms with van der Waals surface area (Å²) in [7, 11) is 2.86. The number of ether oxygens (including phenoxy) is 2. The van der Waals surface area contributed by atoms with E-state index in [1.807, 2.05) is 26.8 Å². The lowest BCUT2D eigenvalue weighted by Gasteiger charge is -2.33. The molecule has 1 aliphatic rings. The summed E-state index contributed by atoms with van der Waals surface area (Å²) in [4.78, 5) is 12.6. The normalized spacial score (nSPS) is 23.6. The SMILES string of the molecule is C=CC(=CCC1C(C)C(=O)C(OC)=C(OC)C1O)CCC=C(C)CCCC(C)(C)O. The first-order chi connectivity index (χ1) is 14.1. The largest absolute Gasteiger partial charge is 0.494 e. The van der Waals surface area contributed by atoms with Gasteiger partial charge in [0, 0.05) is 11.8 Å². The Morgan fingerprint density at radius 1 is 1.20 bits per heavy atom. The molecule has 0 spiro atoms. The van der Waals surface area contributed by atoms with Gasteiger partial charge in [-0.1, -0.05) is 42.9 Å². The highest BCUT2D eigenvalue weighted by molar-refractivity contribution is 5.97. The molecule has 0 aliphatic heterocycles. The zero-order valence-corrected chi connectivity index (χ0v) is 19.5. The smallest absolute Gasteiger partial charge is 0.204 e. The molecule has 0 aromatic rings. The molecule has 0 heterocycles. The molecule has 170 valence electrons. The summed E-state index contributed by atoms with van der Waals surface area (Å²) in [6.07, 6.45) is 10.3. The number of rotatable bonds is 12. The number of hydrogen-bond donors (Lipinski definition) is 2. The van der Waals surface area contributed by atoms with E-state index in [9.17, 15) is 15.0 Å². The van der Waals surface area contributed by atoms with Crippen LogP contribution in [0, 0.1) is 11.8 Å². The Morgan fingerprint density at radius 3 is 2.40 bits per heavy atom. The van der Waals surface area contributed by atoms with Crippen LogP contribution in [0.2, 0.25) is 0 Å². The van der Waals surface area contributed by atoms with E-state index in [1.165, 1.54) is 19.8 Å². The molecular weight excluding hydrogens is 380 g/mol. The van der Waals surface area contributed by atoms with Crippen LogP contribution < -0.4 is 0 Å². The van der Waals surface area contributed by atoms with Crippen molar-refractivity contribution < 1.29 is 24.5 Å². The number of aliphatic hydroxyl groups excluding tert-OH is 1. The Hall–Kier alpha value is -1.85. The number of Topliss-reactive ketones (excluding diaryl/α,β-unsaturated/α-hetero) is 1. The molecule has 2 N–H and O–H groups in total. The van der Waals surface area contributed by atoms with Crippen molar-refractivity contribution in [1.29, 1.82) is 0 Å². The third kappa shape index (κ3) is 7.77. The second-order valence-corrected chi connectivity index (χ2v) is 8.84. The molecule has 30 heavy (non-hydrogen) atoms. The zero-order valence-electron chi connectivity index (χ0n) is 19.5. The molecule has 0 aromatic heterocycles. The van der Waals surface area contributed by atoms with Crippen LogP contribution in [0.5, 0.6) is 0 Å². The average Bonchev–Trinajstić information content (AvgIpc) is 2.67. The number of methoxy groups -OCH3 is 2. The zero-order chi connectivity index (χ0) is 22.9. The van der Waals surface area contributed by atoms with Crippen molar-refractivity contribution in [2.45, 2.75) is 77.9 Å². The Bertz CT molecular complexity index is 678. The second-order valence-electron chi connectivity index (χ2n) is 8.84. The predicted octanol–water partition coefficient (Wildman–Crippen LogP) is 4.86. The summed E-state index contributed by atoms with van der Waals surface area (Å²) < 4.78 is 10.4. The van der Waals surface area contributed by atoms with Crippen LogP contribution in [0.4, 0.5) is 0 Å². The van der Waals surface area contributed by atoms with E-state index in [4.69, 9.17) is 9.47 Å². The van der Waals surface area contributed by atoms with E-state index in [-0.39, 0.29) is 29.1 Å². The molecule has 0 amide bonds. The van der Waals surface area contributed by atoms with Gasteiger partial charge in [0.2, 0.25) is 11.5 Å². The minimum atomic E-state index is -0.877. The van der Waals surface area contributed by atoms with Gasteiger partial charge in [0.05, 0.1) is 19.8 Å². The van der Waals surface area contributed by atoms with Gasteiger partial charge in [-0.15, -0.1) is 0 Å². The highest BCUT2D eigenvalue weighted by Gasteiger charge is 2.42. The van der Waals surface area contributed by atoms with E-state index in [0.717, 1.165) is 37.7 Å². The number of ketones is 1. The fourth-order valence-corrected chi connectivity index (χ4v) is 3.83. The van der Waals surface area contributed by atoms with Gasteiger partial charge >= 0.3 is 0 Å². The summed E-state index contributed by atoms with van der Waals surface area (Å²) in [5.41, 5.74) is 1.82. The Labute approximate surface area is 182 Å². The fourth-order valence-electron chi connectivity index (χ4n) is 3.83. The first kappa shape index (κ1) is 26.2. The van der Waals surface area contributed by atoms with Crippen LogP contribution in [0.1, 0.15) is 66.2 Å². The molecule has 1 aliphatic carbocycles. The molecule has 0 saturated heterocycles. The van der Waals surface area contributed by atoms with Crippen LogP contribution >= 0.6 is 0 Å². The maximum Gasteiger partial charge on any atom is 0.204 e. The van der Waals surface area contributed by atoms with Gasteiger partial charge < -0.3 is 19.7 Å². The maximum atomic E-state index is 12.6. The van der Waals surface area contributed by atoms with E-state index < -0.39 is 11.7 Å². The van der Waals surface area contributed by atoms with Crippen LogP contribution in [-0.4, -0.2) is 41.9 Å². The summed E-state index contributed by atoms with van der Waals surface area (Å²) in [6, 6.07) is 0. The summed E-state index contributed by atoms with van der Waals surface area (Å²) in [5.74, 6) is -0.423. The van der Waals surface area contributed by atoms with E-state index in [1.54, 1.807) is 0 Å². The molecule has 1 rings (SSSR count). The van der Waals surface area contributed by atoms with Gasteiger partial charge in [-0.05, 0) is 59.3 Å². The van der Waals surface area contributed by atoms with Gasteiger partial charge in [0.25, 0.3) is 0 Å². The highest BCUT2D eigenvalue weighted by atomic mass is 16.5. The lowest BCUT2D eigenvalue weighted by molar-refractivity contribution is -0.128. The van der Waals surface area contributed by atoms with Gasteiger partial charge in [-0.3, -0.25) is 4.79 Å². The quantitative estimate of drug-likeness (QED) is 0.348. The van der Waals surface area contributed by atoms with Gasteiger partial charge in [-0.25, -0.2) is 0 Å². The van der Waals surface area contributed by atoms with Crippen molar-refractivity contribution in [3.05, 3.63) is 47.5 Å². The number of hydrogen-bond acceptors (Lipinski definition) is 5. The summed E-state index contributed by atoms with van der Waals surface area (Å²) in [6.45, 7) is 11.5. The number of carbonyl (C=O) groups excluding carboxylic acids is 1. The minimum absolute atomic E-state index is 0.117. The van der Waals surface area contributed by atoms with Crippen LogP contribution in [-0.2, 0) is 14.3 Å². The highest BCUT2D eigenvalue weighted by Crippen LogP contribution is 2.35. The summed E-state index contributed by atoms with van der Waals surface area (Å²) in [5, 5.41) is 20.5. The molecular formula is C25H40O5. The molecule has 3 unspecified atom stereocenters. The fraction of sp³-hybridized carbons (Fsp3) is 0.640. The molecule has 5 heteroatoms. The Morgan fingerprint density at radius 2 is 1.87 bits per heavy atom. The van der Waals surface area contributed by atoms with E-state index in [0.29, 0.717) is 6.42 Å². The van der Waals surface area contributed by atoms with Crippen molar-refractivity contribution in [2.24, 2.45) is 11.8 Å². The van der Waals surface area contributed by atoms with Crippen LogP contribution in [0.3, 0.4) is 0 Å². The monoisotopic (exact) mass is 420 g/mol. The minimum Gasteiger partial charge on any atom is -0.494 e. The molecule has 0 radical (unpaired) electrons. The topological polar surface area (TPSA) is 76.0 Å². The van der Waals surface area contributed by atoms with E-state index >= 15 is 0 Å². The van der Waals surface area contributed by atoms with Crippen molar-refractivity contribution in [1.82, 2.24) is 0 Å². The first-order valence-electron chi connectivity index (χ1n) is 10.8. The molecule has 0 bridgehead atoms. The molecule has 3 atom stereocenters. The number of allylic oxidation sites excluding steroid dienone is 6. The third-order valence-corrected chi connectivity index (χ3v) is 5.80. The Balaban J connectivity index is 2.69. The number of carbonyl (C=O) groups is 1. The van der Waals surface area contributed by atoms with Crippen LogP contribution in [0.25, 0.3) is 0 Å². The average molecular weight is 421 g/mol. The van der Waals surface area contributed by atoms with Gasteiger partial charge in [-0.2, -0.15) is 0 Å². The van der Waals surface area contributed by atoms with Crippen LogP contribution in [0.15, 0.2) is 47.5 Å². The van der Waals surface area contributed by atoms with Crippen molar-refractivity contribution >= 4 is 5.78 Å². The summed E-state index contributed by atoms with van der Waals surface area (Å²) >= 11 is 0. The molecule has 0 fully saturated rings. The van der Waals surface area contributed by atoms with E-state index in [2.05, 4.69) is 25.7 Å². The lowest BCUT2D eigenvalue weighted by atomic mass is 9.77. The predicted molar refractivity (Wildman–Crippen MR) is 121 cm³/mol. The molecule has 0 saturated carbocycles. The van der Waals surface area contributed by atoms with Gasteiger partial charge in [0.15, 0.2) is 5.76 Å². The molecule has 0 aromatic carbocycles. The van der Waals surface area contributed by atoms with Crippen molar-refractivity contribution in [3.8, 4) is 0 Å². The third-order valence-electron chi connectivity index (χ3n) is 5.80. The standard InChI is InChI=1S/C25H40O5/c1-8-19(13-9-11-17(2)12-10-16-25(4,5)28)14-15-20-18(3)21(26)23(29-6)24(30-7)22(20)27/h8,11,14,18,20,22,27-28H,1,9-10,12-13,15-16H2,2-7H3. The lowest BCUT2D eigenvalue weighted by Crippen LogP contribution is -2.40. The first-order valence-corrected chi connectivity index (χ1v) is 10.8. The van der Waals surface area contributed by atoms with Crippen molar-refractivity contribution in [2.75, 3.05) is 14.2 Å². The maximum absolute atomic E-state index is 12.6. The molecule has 5 nitrogen and oxygen atoms in total. The number of aliphatic hydroxyl groups is 2. The van der Waals surface area contributed by atoms with Gasteiger partial charge in [0.1, 0.15) is 6.10 Å². The second kappa shape index (κ2) is 12.1. The Kier molecular flexibility index (Phi) is 10.6. The van der Waals surface area contributed by atoms with Crippen molar-refractivity contribution in [3.63, 3.8) is 0 Å².